The number of Topliss-reactive ketones (excluding diaryl/α,β-unsaturated/α-hetero) is 1. The SMILES string of the molecule is CCCc1c(OCCCSc2nc3ccccc3[nH]2)ccc(C(C)=O)c1O. The number of aromatic hydroxyl groups is 1. The number of aromatic amines is 1. The Morgan fingerprint density at radius 3 is 2.81 bits per heavy atom. The molecule has 6 heteroatoms. The summed E-state index contributed by atoms with van der Waals surface area (Å²) in [5.74, 6) is 1.45. The van der Waals surface area contributed by atoms with Crippen molar-refractivity contribution in [1.29, 1.82) is 0 Å². The Kier molecular flexibility index (Phi) is 6.40. The predicted molar refractivity (Wildman–Crippen MR) is 109 cm³/mol. The molecule has 0 amide bonds. The van der Waals surface area contributed by atoms with Crippen LogP contribution in [0, 0.1) is 0 Å². The standard InChI is InChI=1S/C21H24N2O3S/c1-3-7-16-19(11-10-15(14(2)24)20(16)25)26-12-6-13-27-21-22-17-8-4-5-9-18(17)23-21/h4-5,8-11,25H,3,6-7,12-13H2,1-2H3,(H,22,23). The molecule has 0 aliphatic heterocycles. The number of nitrogens with zero attached hydrogens (tertiary/aromatic N) is 1. The fraction of sp³-hybridized carbons (Fsp3) is 0.333. The van der Waals surface area contributed by atoms with E-state index in [0.717, 1.165) is 40.3 Å². The molecule has 0 fully saturated rings. The van der Waals surface area contributed by atoms with E-state index in [1.807, 2.05) is 31.2 Å². The lowest BCUT2D eigenvalue weighted by atomic mass is 10.0. The van der Waals surface area contributed by atoms with E-state index in [9.17, 15) is 9.90 Å². The molecule has 3 aromatic rings. The van der Waals surface area contributed by atoms with Gasteiger partial charge in [0.15, 0.2) is 10.9 Å². The van der Waals surface area contributed by atoms with Gasteiger partial charge < -0.3 is 14.8 Å². The van der Waals surface area contributed by atoms with Gasteiger partial charge in [-0.05, 0) is 44.0 Å². The maximum atomic E-state index is 11.6. The molecule has 0 bridgehead atoms. The quantitative estimate of drug-likeness (QED) is 0.309. The molecule has 0 spiro atoms. The van der Waals surface area contributed by atoms with E-state index in [1.54, 1.807) is 23.9 Å². The van der Waals surface area contributed by atoms with Gasteiger partial charge in [0.1, 0.15) is 11.5 Å². The van der Waals surface area contributed by atoms with E-state index in [-0.39, 0.29) is 11.5 Å². The minimum absolute atomic E-state index is 0.0542. The van der Waals surface area contributed by atoms with E-state index in [4.69, 9.17) is 4.74 Å². The minimum Gasteiger partial charge on any atom is -0.507 e. The van der Waals surface area contributed by atoms with Crippen LogP contribution >= 0.6 is 11.8 Å². The number of imidazole rings is 1. The van der Waals surface area contributed by atoms with Crippen molar-refractivity contribution < 1.29 is 14.6 Å². The molecule has 0 radical (unpaired) electrons. The number of H-pyrrole nitrogens is 1. The zero-order chi connectivity index (χ0) is 19.2. The van der Waals surface area contributed by atoms with E-state index < -0.39 is 0 Å². The van der Waals surface area contributed by atoms with Crippen molar-refractivity contribution in [2.24, 2.45) is 0 Å². The van der Waals surface area contributed by atoms with Gasteiger partial charge >= 0.3 is 0 Å². The predicted octanol–water partition coefficient (Wildman–Crippen LogP) is 4.98. The van der Waals surface area contributed by atoms with Crippen molar-refractivity contribution in [3.05, 3.63) is 47.5 Å². The van der Waals surface area contributed by atoms with Crippen LogP contribution in [0.15, 0.2) is 41.6 Å². The van der Waals surface area contributed by atoms with Crippen molar-refractivity contribution in [2.45, 2.75) is 38.3 Å². The van der Waals surface area contributed by atoms with Crippen molar-refractivity contribution in [1.82, 2.24) is 9.97 Å². The number of nitrogens with one attached hydrogen (secondary N) is 1. The topological polar surface area (TPSA) is 75.2 Å². The van der Waals surface area contributed by atoms with Gasteiger partial charge in [0.05, 0.1) is 23.2 Å². The number of hydrogen-bond donors (Lipinski definition) is 2. The third-order valence-corrected chi connectivity index (χ3v) is 5.23. The first-order valence-corrected chi connectivity index (χ1v) is 10.1. The number of rotatable bonds is 9. The highest BCUT2D eigenvalue weighted by Gasteiger charge is 2.15. The first-order chi connectivity index (χ1) is 13.1. The lowest BCUT2D eigenvalue weighted by Crippen LogP contribution is -2.04. The summed E-state index contributed by atoms with van der Waals surface area (Å²) in [5.41, 5.74) is 3.09. The van der Waals surface area contributed by atoms with Gasteiger partial charge in [-0.3, -0.25) is 4.79 Å². The number of carbonyl (C=O) groups is 1. The number of ether oxygens (including phenoxy) is 1. The Bertz CT molecular complexity index is 903. The van der Waals surface area contributed by atoms with Crippen LogP contribution in [-0.4, -0.2) is 33.2 Å². The number of phenols is 1. The van der Waals surface area contributed by atoms with E-state index in [0.29, 0.717) is 24.3 Å². The lowest BCUT2D eigenvalue weighted by molar-refractivity contribution is 0.101. The summed E-state index contributed by atoms with van der Waals surface area (Å²) in [7, 11) is 0. The molecular formula is C21H24N2O3S. The second-order valence-corrected chi connectivity index (χ2v) is 7.44. The maximum Gasteiger partial charge on any atom is 0.166 e. The second-order valence-electron chi connectivity index (χ2n) is 6.35. The summed E-state index contributed by atoms with van der Waals surface area (Å²) < 4.78 is 5.89. The summed E-state index contributed by atoms with van der Waals surface area (Å²) >= 11 is 1.66. The number of phenolic OH excluding ortho intramolecular Hbond substituents is 1. The van der Waals surface area contributed by atoms with E-state index in [2.05, 4.69) is 9.97 Å². The van der Waals surface area contributed by atoms with Gasteiger partial charge in [-0.2, -0.15) is 0 Å². The Morgan fingerprint density at radius 2 is 2.07 bits per heavy atom. The number of benzene rings is 2. The normalized spacial score (nSPS) is 11.0. The average Bonchev–Trinajstić information content (AvgIpc) is 3.06. The van der Waals surface area contributed by atoms with Gasteiger partial charge in [0, 0.05) is 11.3 Å². The smallest absolute Gasteiger partial charge is 0.166 e. The number of carbonyl (C=O) groups excluding carboxylic acids is 1. The highest BCUT2D eigenvalue weighted by molar-refractivity contribution is 7.99. The second kappa shape index (κ2) is 8.95. The summed E-state index contributed by atoms with van der Waals surface area (Å²) in [6, 6.07) is 11.4. The highest BCUT2D eigenvalue weighted by Crippen LogP contribution is 2.33. The van der Waals surface area contributed by atoms with Gasteiger partial charge in [-0.1, -0.05) is 37.2 Å². The molecule has 1 aromatic heterocycles. The number of thioether (sulfide) groups is 1. The average molecular weight is 385 g/mol. The summed E-state index contributed by atoms with van der Waals surface area (Å²) in [6.07, 6.45) is 2.39. The largest absolute Gasteiger partial charge is 0.507 e. The Hall–Kier alpha value is -2.47. The molecule has 0 aliphatic rings. The highest BCUT2D eigenvalue weighted by atomic mass is 32.2. The minimum atomic E-state index is -0.140. The third kappa shape index (κ3) is 4.63. The van der Waals surface area contributed by atoms with Gasteiger partial charge in [-0.15, -0.1) is 0 Å². The van der Waals surface area contributed by atoms with Gasteiger partial charge in [-0.25, -0.2) is 4.98 Å². The molecule has 142 valence electrons. The fourth-order valence-electron chi connectivity index (χ4n) is 2.94. The molecule has 5 nitrogen and oxygen atoms in total. The van der Waals surface area contributed by atoms with Crippen LogP contribution in [0.3, 0.4) is 0 Å². The lowest BCUT2D eigenvalue weighted by Gasteiger charge is -2.14. The summed E-state index contributed by atoms with van der Waals surface area (Å²) in [5, 5.41) is 11.3. The zero-order valence-electron chi connectivity index (χ0n) is 15.6. The zero-order valence-corrected chi connectivity index (χ0v) is 16.4. The molecule has 0 atom stereocenters. The molecule has 0 aliphatic carbocycles. The Labute approximate surface area is 163 Å². The van der Waals surface area contributed by atoms with Crippen molar-refractivity contribution >= 4 is 28.6 Å². The summed E-state index contributed by atoms with van der Waals surface area (Å²) in [6.45, 7) is 4.04. The molecule has 1 heterocycles. The monoisotopic (exact) mass is 384 g/mol. The first kappa shape index (κ1) is 19.3. The molecule has 0 unspecified atom stereocenters. The van der Waals surface area contributed by atoms with E-state index in [1.165, 1.54) is 6.92 Å². The number of aromatic nitrogens is 2. The summed E-state index contributed by atoms with van der Waals surface area (Å²) in [4.78, 5) is 19.5. The van der Waals surface area contributed by atoms with E-state index >= 15 is 0 Å². The van der Waals surface area contributed by atoms with Gasteiger partial charge in [0.2, 0.25) is 0 Å². The fourth-order valence-corrected chi connectivity index (χ4v) is 3.74. The molecule has 2 aromatic carbocycles. The number of para-hydroxylation sites is 2. The Morgan fingerprint density at radius 1 is 1.26 bits per heavy atom. The van der Waals surface area contributed by atoms with Crippen LogP contribution in [-0.2, 0) is 6.42 Å². The number of hydrogen-bond acceptors (Lipinski definition) is 5. The molecule has 27 heavy (non-hydrogen) atoms. The van der Waals surface area contributed by atoms with Crippen LogP contribution in [0.1, 0.15) is 42.6 Å². The van der Waals surface area contributed by atoms with Crippen molar-refractivity contribution in [3.63, 3.8) is 0 Å². The maximum absolute atomic E-state index is 11.6. The molecule has 3 rings (SSSR count). The Balaban J connectivity index is 1.55. The molecule has 2 N–H and O–H groups in total. The molecular weight excluding hydrogens is 360 g/mol. The van der Waals surface area contributed by atoms with Crippen molar-refractivity contribution in [3.8, 4) is 11.5 Å². The van der Waals surface area contributed by atoms with Gasteiger partial charge in [0.25, 0.3) is 0 Å². The van der Waals surface area contributed by atoms with Crippen LogP contribution in [0.2, 0.25) is 0 Å². The van der Waals surface area contributed by atoms with Crippen LogP contribution < -0.4 is 4.74 Å². The first-order valence-electron chi connectivity index (χ1n) is 9.16. The number of fused-ring (bicyclic) bond motifs is 1. The number of ketones is 1. The molecule has 0 saturated heterocycles. The molecule has 0 saturated carbocycles. The van der Waals surface area contributed by atoms with Crippen LogP contribution in [0.4, 0.5) is 0 Å². The van der Waals surface area contributed by atoms with Crippen LogP contribution in [0.25, 0.3) is 11.0 Å². The van der Waals surface area contributed by atoms with Crippen LogP contribution in [0.5, 0.6) is 11.5 Å². The van der Waals surface area contributed by atoms with Crippen molar-refractivity contribution in [2.75, 3.05) is 12.4 Å². The third-order valence-electron chi connectivity index (χ3n) is 4.27.